The van der Waals surface area contributed by atoms with E-state index in [-0.39, 0.29) is 24.8 Å². The van der Waals surface area contributed by atoms with Crippen LogP contribution in [-0.4, -0.2) is 50.5 Å². The zero-order valence-corrected chi connectivity index (χ0v) is 20.1. The van der Waals surface area contributed by atoms with Crippen molar-refractivity contribution in [3.05, 3.63) is 65.7 Å². The predicted molar refractivity (Wildman–Crippen MR) is 128 cm³/mol. The lowest BCUT2D eigenvalue weighted by Crippen LogP contribution is -2.47. The molecule has 0 fully saturated rings. The van der Waals surface area contributed by atoms with Gasteiger partial charge in [-0.25, -0.2) is 8.42 Å². The SMILES string of the molecule is CCNC(=O)C(C)N(Cc1ccccc1)C(=O)CCCN(c1ccc(C)cc1)S(C)(=O)=O. The molecule has 2 aromatic rings. The Morgan fingerprint density at radius 1 is 1.03 bits per heavy atom. The van der Waals surface area contributed by atoms with Gasteiger partial charge in [0, 0.05) is 26.1 Å². The van der Waals surface area contributed by atoms with Crippen molar-refractivity contribution in [3.63, 3.8) is 0 Å². The largest absolute Gasteiger partial charge is 0.355 e. The molecule has 1 N–H and O–H groups in total. The number of rotatable bonds is 11. The van der Waals surface area contributed by atoms with Gasteiger partial charge >= 0.3 is 0 Å². The maximum atomic E-state index is 13.1. The Hall–Kier alpha value is -2.87. The van der Waals surface area contributed by atoms with Crippen molar-refractivity contribution in [2.45, 2.75) is 46.2 Å². The monoisotopic (exact) mass is 459 g/mol. The quantitative estimate of drug-likeness (QED) is 0.559. The van der Waals surface area contributed by atoms with Crippen LogP contribution in [0.4, 0.5) is 5.69 Å². The highest BCUT2D eigenvalue weighted by molar-refractivity contribution is 7.92. The summed E-state index contributed by atoms with van der Waals surface area (Å²) in [6.45, 7) is 6.45. The highest BCUT2D eigenvalue weighted by Gasteiger charge is 2.26. The third-order valence-electron chi connectivity index (χ3n) is 5.19. The van der Waals surface area contributed by atoms with E-state index in [1.54, 1.807) is 24.0 Å². The molecular formula is C24H33N3O4S. The molecule has 174 valence electrons. The van der Waals surface area contributed by atoms with Gasteiger partial charge in [0.1, 0.15) is 6.04 Å². The Kier molecular flexibility index (Phi) is 9.26. The summed E-state index contributed by atoms with van der Waals surface area (Å²) in [5.74, 6) is -0.404. The van der Waals surface area contributed by atoms with E-state index in [1.165, 1.54) is 4.31 Å². The number of anilines is 1. The van der Waals surface area contributed by atoms with Gasteiger partial charge in [0.15, 0.2) is 0 Å². The summed E-state index contributed by atoms with van der Waals surface area (Å²) >= 11 is 0. The average Bonchev–Trinajstić information content (AvgIpc) is 2.75. The second-order valence-electron chi connectivity index (χ2n) is 7.85. The van der Waals surface area contributed by atoms with Gasteiger partial charge in [-0.1, -0.05) is 48.0 Å². The molecule has 0 radical (unpaired) electrons. The average molecular weight is 460 g/mol. The standard InChI is InChI=1S/C24H33N3O4S/c1-5-25-24(29)20(3)26(18-21-10-7-6-8-11-21)23(28)12-9-17-27(32(4,30)31)22-15-13-19(2)14-16-22/h6-8,10-11,13-16,20H,5,9,12,17-18H2,1-4H3,(H,25,29). The van der Waals surface area contributed by atoms with Crippen molar-refractivity contribution in [3.8, 4) is 0 Å². The number of aryl methyl sites for hydroxylation is 1. The predicted octanol–water partition coefficient (Wildman–Crippen LogP) is 3.09. The van der Waals surface area contributed by atoms with Crippen molar-refractivity contribution in [1.29, 1.82) is 0 Å². The first kappa shape index (κ1) is 25.4. The summed E-state index contributed by atoms with van der Waals surface area (Å²) in [6.07, 6.45) is 1.63. The molecule has 2 amide bonds. The topological polar surface area (TPSA) is 86.8 Å². The number of carbonyl (C=O) groups excluding carboxylic acids is 2. The van der Waals surface area contributed by atoms with Gasteiger partial charge in [0.25, 0.3) is 0 Å². The van der Waals surface area contributed by atoms with E-state index in [1.807, 2.05) is 56.3 Å². The molecule has 0 aliphatic rings. The van der Waals surface area contributed by atoms with E-state index in [0.717, 1.165) is 17.4 Å². The maximum absolute atomic E-state index is 13.1. The molecule has 2 aromatic carbocycles. The lowest BCUT2D eigenvalue weighted by Gasteiger charge is -2.29. The first-order chi connectivity index (χ1) is 15.1. The van der Waals surface area contributed by atoms with E-state index in [0.29, 0.717) is 25.2 Å². The van der Waals surface area contributed by atoms with Gasteiger partial charge in [0.05, 0.1) is 11.9 Å². The van der Waals surface area contributed by atoms with Crippen molar-refractivity contribution < 1.29 is 18.0 Å². The summed E-state index contributed by atoms with van der Waals surface area (Å²) < 4.78 is 25.9. The summed E-state index contributed by atoms with van der Waals surface area (Å²) in [6, 6.07) is 16.1. The van der Waals surface area contributed by atoms with E-state index >= 15 is 0 Å². The molecule has 7 nitrogen and oxygen atoms in total. The summed E-state index contributed by atoms with van der Waals surface area (Å²) in [4.78, 5) is 27.1. The van der Waals surface area contributed by atoms with Crippen LogP contribution in [0.2, 0.25) is 0 Å². The minimum atomic E-state index is -3.49. The second kappa shape index (κ2) is 11.7. The van der Waals surface area contributed by atoms with Gasteiger partial charge in [-0.15, -0.1) is 0 Å². The van der Waals surface area contributed by atoms with Gasteiger partial charge in [-0.2, -0.15) is 0 Å². The van der Waals surface area contributed by atoms with Crippen molar-refractivity contribution in [1.82, 2.24) is 10.2 Å². The molecule has 0 heterocycles. The number of hydrogen-bond acceptors (Lipinski definition) is 4. The number of benzene rings is 2. The van der Waals surface area contributed by atoms with E-state index in [4.69, 9.17) is 0 Å². The lowest BCUT2D eigenvalue weighted by molar-refractivity contribution is -0.140. The Bertz CT molecular complexity index is 992. The van der Waals surface area contributed by atoms with Crippen LogP contribution >= 0.6 is 0 Å². The molecule has 0 bridgehead atoms. The summed E-state index contributed by atoms with van der Waals surface area (Å²) in [5.41, 5.74) is 2.53. The number of sulfonamides is 1. The first-order valence-corrected chi connectivity index (χ1v) is 12.6. The van der Waals surface area contributed by atoms with Crippen LogP contribution < -0.4 is 9.62 Å². The Balaban J connectivity index is 2.11. The van der Waals surface area contributed by atoms with Crippen LogP contribution in [-0.2, 0) is 26.2 Å². The minimum absolute atomic E-state index is 0.133. The third kappa shape index (κ3) is 7.37. The highest BCUT2D eigenvalue weighted by Crippen LogP contribution is 2.19. The fourth-order valence-corrected chi connectivity index (χ4v) is 4.37. The zero-order chi connectivity index (χ0) is 23.7. The lowest BCUT2D eigenvalue weighted by atomic mass is 10.1. The van der Waals surface area contributed by atoms with Crippen LogP contribution in [0.5, 0.6) is 0 Å². The van der Waals surface area contributed by atoms with Crippen LogP contribution in [0, 0.1) is 6.92 Å². The molecule has 0 spiro atoms. The van der Waals surface area contributed by atoms with E-state index in [9.17, 15) is 18.0 Å². The number of nitrogens with one attached hydrogen (secondary N) is 1. The molecule has 2 rings (SSSR count). The second-order valence-corrected chi connectivity index (χ2v) is 9.76. The number of carbonyl (C=O) groups is 2. The molecule has 0 saturated carbocycles. The van der Waals surface area contributed by atoms with Crippen LogP contribution in [0.15, 0.2) is 54.6 Å². The van der Waals surface area contributed by atoms with Gasteiger partial charge in [-0.05, 0) is 44.9 Å². The van der Waals surface area contributed by atoms with Gasteiger partial charge in [0.2, 0.25) is 21.8 Å². The molecule has 32 heavy (non-hydrogen) atoms. The normalized spacial score (nSPS) is 12.1. The van der Waals surface area contributed by atoms with Gasteiger partial charge < -0.3 is 10.2 Å². The smallest absolute Gasteiger partial charge is 0.242 e. The maximum Gasteiger partial charge on any atom is 0.242 e. The number of likely N-dealkylation sites (N-methyl/N-ethyl adjacent to an activating group) is 1. The molecule has 1 atom stereocenters. The fourth-order valence-electron chi connectivity index (χ4n) is 3.40. The number of amides is 2. The van der Waals surface area contributed by atoms with Crippen LogP contribution in [0.1, 0.15) is 37.8 Å². The van der Waals surface area contributed by atoms with Crippen LogP contribution in [0.3, 0.4) is 0 Å². The molecular weight excluding hydrogens is 426 g/mol. The van der Waals surface area contributed by atoms with Crippen molar-refractivity contribution >= 4 is 27.5 Å². The van der Waals surface area contributed by atoms with E-state index in [2.05, 4.69) is 5.32 Å². The molecule has 8 heteroatoms. The Labute approximate surface area is 191 Å². The summed E-state index contributed by atoms with van der Waals surface area (Å²) in [5, 5.41) is 2.77. The highest BCUT2D eigenvalue weighted by atomic mass is 32.2. The molecule has 1 unspecified atom stereocenters. The van der Waals surface area contributed by atoms with E-state index < -0.39 is 16.1 Å². The fraction of sp³-hybridized carbons (Fsp3) is 0.417. The third-order valence-corrected chi connectivity index (χ3v) is 6.38. The first-order valence-electron chi connectivity index (χ1n) is 10.8. The summed E-state index contributed by atoms with van der Waals surface area (Å²) in [7, 11) is -3.49. The zero-order valence-electron chi connectivity index (χ0n) is 19.2. The number of hydrogen-bond donors (Lipinski definition) is 1. The van der Waals surface area contributed by atoms with Crippen molar-refractivity contribution in [2.24, 2.45) is 0 Å². The molecule has 0 saturated heterocycles. The Morgan fingerprint density at radius 3 is 2.22 bits per heavy atom. The van der Waals surface area contributed by atoms with Gasteiger partial charge in [-0.3, -0.25) is 13.9 Å². The molecule has 0 aliphatic heterocycles. The molecule has 0 aromatic heterocycles. The van der Waals surface area contributed by atoms with Crippen LogP contribution in [0.25, 0.3) is 0 Å². The molecule has 0 aliphatic carbocycles. The number of nitrogens with zero attached hydrogens (tertiary/aromatic N) is 2. The Morgan fingerprint density at radius 2 is 1.66 bits per heavy atom. The minimum Gasteiger partial charge on any atom is -0.355 e. The van der Waals surface area contributed by atoms with Crippen molar-refractivity contribution in [2.75, 3.05) is 23.7 Å².